The molecule has 4 N–H and O–H groups in total. The summed E-state index contributed by atoms with van der Waals surface area (Å²) in [5.41, 5.74) is 6.22. The molecule has 3 atom stereocenters. The first-order valence-electron chi connectivity index (χ1n) is 9.61. The number of sulfonamides is 1. The Hall–Kier alpha value is -0.370. The van der Waals surface area contributed by atoms with Crippen LogP contribution in [0, 0.1) is 11.8 Å². The van der Waals surface area contributed by atoms with E-state index < -0.39 is 48.7 Å². The second-order valence-corrected chi connectivity index (χ2v) is 11.6. The van der Waals surface area contributed by atoms with E-state index in [1.807, 2.05) is 0 Å². The van der Waals surface area contributed by atoms with Crippen LogP contribution in [-0.4, -0.2) is 49.3 Å². The number of nitrogens with two attached hydrogens (primary N) is 1. The van der Waals surface area contributed by atoms with Crippen molar-refractivity contribution >= 4 is 25.9 Å². The number of hydrogen-bond acceptors (Lipinski definition) is 8. The van der Waals surface area contributed by atoms with Gasteiger partial charge in [0.1, 0.15) is 10.1 Å². The molecule has 1 rings (SSSR count). The van der Waals surface area contributed by atoms with E-state index in [0.29, 0.717) is 5.56 Å². The zero-order chi connectivity index (χ0) is 23.3. The van der Waals surface area contributed by atoms with E-state index in [1.165, 1.54) is 0 Å². The Balaban J connectivity index is 0.00000900. The number of nitrogens with one attached hydrogen (secondary N) is 1. The van der Waals surface area contributed by atoms with Crippen molar-refractivity contribution in [3.63, 3.8) is 0 Å². The first-order valence-corrected chi connectivity index (χ1v) is 12.7. The fourth-order valence-corrected chi connectivity index (χ4v) is 5.35. The molecule has 31 heavy (non-hydrogen) atoms. The number of aliphatic hydroxyl groups is 1. The van der Waals surface area contributed by atoms with E-state index >= 15 is 0 Å². The second kappa shape index (κ2) is 12.2. The molecule has 0 bridgehead atoms. The van der Waals surface area contributed by atoms with Gasteiger partial charge in [0, 0.05) is 0 Å². The van der Waals surface area contributed by atoms with E-state index in [4.69, 9.17) is 5.73 Å². The van der Waals surface area contributed by atoms with Crippen molar-refractivity contribution in [2.24, 2.45) is 17.6 Å². The van der Waals surface area contributed by atoms with Gasteiger partial charge in [-0.2, -0.15) is 0 Å². The molecule has 0 saturated carbocycles. The first kappa shape index (κ1) is 30.6. The molecular weight excluding hydrogens is 455 g/mol. The van der Waals surface area contributed by atoms with E-state index in [0.717, 1.165) is 0 Å². The molecule has 0 heterocycles. The maximum Gasteiger partial charge on any atom is 1.00 e. The maximum absolute atomic E-state index is 13.1. The first-order chi connectivity index (χ1) is 13.6. The summed E-state index contributed by atoms with van der Waals surface area (Å²) < 4.78 is 63.0. The van der Waals surface area contributed by atoms with Crippen LogP contribution in [0.4, 0.5) is 0 Å². The van der Waals surface area contributed by atoms with Gasteiger partial charge in [-0.25, -0.2) is 21.6 Å². The molecule has 1 aromatic rings. The van der Waals surface area contributed by atoms with Gasteiger partial charge >= 0.3 is 29.6 Å². The summed E-state index contributed by atoms with van der Waals surface area (Å²) in [5, 5.41) is 10.7. The van der Waals surface area contributed by atoms with E-state index in [-0.39, 0.29) is 54.2 Å². The van der Waals surface area contributed by atoms with E-state index in [1.54, 1.807) is 58.0 Å². The third-order valence-electron chi connectivity index (χ3n) is 4.51. The van der Waals surface area contributed by atoms with Gasteiger partial charge in [0.2, 0.25) is 15.0 Å². The molecule has 0 aromatic heterocycles. The molecule has 0 aliphatic heterocycles. The molecule has 0 radical (unpaired) electrons. The monoisotopic (exact) mass is 486 g/mol. The van der Waals surface area contributed by atoms with Gasteiger partial charge in [-0.05, 0) is 30.2 Å². The van der Waals surface area contributed by atoms with Gasteiger partial charge < -0.3 is 15.4 Å². The summed E-state index contributed by atoms with van der Waals surface area (Å²) >= 11 is 0. The molecule has 1 aromatic carbocycles. The van der Waals surface area contributed by atoms with Crippen LogP contribution < -0.4 is 40.0 Å². The summed E-state index contributed by atoms with van der Waals surface area (Å²) in [7, 11) is -9.71. The minimum absolute atomic E-state index is 0. The van der Waals surface area contributed by atoms with Crippen molar-refractivity contribution in [1.29, 1.82) is 0 Å². The molecule has 0 aliphatic rings. The number of carbonyl (C=O) groups excluding carboxylic acids is 1. The van der Waals surface area contributed by atoms with Gasteiger partial charge in [0.05, 0.1) is 17.8 Å². The van der Waals surface area contributed by atoms with Crippen LogP contribution in [0.3, 0.4) is 0 Å². The van der Waals surface area contributed by atoms with Crippen LogP contribution in [0.5, 0.6) is 0 Å². The number of benzene rings is 1. The zero-order valence-corrected chi connectivity index (χ0v) is 22.2. The fourth-order valence-electron chi connectivity index (χ4n) is 3.14. The Morgan fingerprint density at radius 2 is 1.55 bits per heavy atom. The summed E-state index contributed by atoms with van der Waals surface area (Å²) in [6, 6.07) is 4.82. The van der Waals surface area contributed by atoms with Gasteiger partial charge in [-0.1, -0.05) is 58.0 Å². The second-order valence-electron chi connectivity index (χ2n) is 8.30. The van der Waals surface area contributed by atoms with E-state index in [9.17, 15) is 31.3 Å². The minimum Gasteiger partial charge on any atom is -0.745 e. The van der Waals surface area contributed by atoms with E-state index in [2.05, 4.69) is 4.72 Å². The van der Waals surface area contributed by atoms with Crippen molar-refractivity contribution < 1.29 is 60.8 Å². The molecule has 0 spiro atoms. The summed E-state index contributed by atoms with van der Waals surface area (Å²) in [6.07, 6.45) is -0.256. The van der Waals surface area contributed by atoms with Crippen LogP contribution in [0.15, 0.2) is 30.3 Å². The molecule has 0 fully saturated rings. The Bertz CT molecular complexity index is 922. The average molecular weight is 487 g/mol. The van der Waals surface area contributed by atoms with Crippen LogP contribution in [0.1, 0.15) is 46.1 Å². The smallest absolute Gasteiger partial charge is 0.745 e. The van der Waals surface area contributed by atoms with Crippen molar-refractivity contribution in [2.45, 2.75) is 63.3 Å². The summed E-state index contributed by atoms with van der Waals surface area (Å²) in [6.45, 7) is 6.72. The topological polar surface area (TPSA) is 167 Å². The number of rotatable bonds is 12. The average Bonchev–Trinajstić information content (AvgIpc) is 2.57. The zero-order valence-electron chi connectivity index (χ0n) is 18.6. The summed E-state index contributed by atoms with van der Waals surface area (Å²) in [4.78, 5) is 9.61. The maximum atomic E-state index is 13.1. The van der Waals surface area contributed by atoms with Gasteiger partial charge in [0.15, 0.2) is 5.78 Å². The number of Topliss-reactive ketones (excluding diaryl/α,β-unsaturated/α-hetero) is 1. The summed E-state index contributed by atoms with van der Waals surface area (Å²) in [5.74, 6) is -2.40. The Labute approximate surface area is 207 Å². The molecule has 0 aliphatic carbocycles. The van der Waals surface area contributed by atoms with Crippen LogP contribution in [-0.2, 0) is 30.7 Å². The molecular formula is C19H31N2NaO7S2. The predicted octanol–water partition coefficient (Wildman–Crippen LogP) is -2.30. The van der Waals surface area contributed by atoms with Crippen molar-refractivity contribution in [2.75, 3.05) is 0 Å². The Morgan fingerprint density at radius 1 is 1.06 bits per heavy atom. The van der Waals surface area contributed by atoms with Crippen LogP contribution in [0.2, 0.25) is 0 Å². The SMILES string of the molecule is CC(C)CC(N)C(O)(C(=O)[C@H](CC(C)C)NS(=O)(=O)Cc1ccccc1)S(=O)(=O)[O-].[Na+]. The molecule has 12 heteroatoms. The quantitative estimate of drug-likeness (QED) is 0.219. The van der Waals surface area contributed by atoms with Crippen molar-refractivity contribution in [3.05, 3.63) is 35.9 Å². The van der Waals surface area contributed by atoms with Gasteiger partial charge in [-0.15, -0.1) is 0 Å². The third kappa shape index (κ3) is 8.82. The largest absolute Gasteiger partial charge is 1.00 e. The fraction of sp³-hybridized carbons (Fsp3) is 0.632. The number of hydrogen-bond donors (Lipinski definition) is 3. The molecule has 9 nitrogen and oxygen atoms in total. The van der Waals surface area contributed by atoms with Crippen LogP contribution in [0.25, 0.3) is 0 Å². The minimum atomic E-state index is -5.61. The van der Waals surface area contributed by atoms with Gasteiger partial charge in [-0.3, -0.25) is 4.79 Å². The Kier molecular flexibility index (Phi) is 12.0. The number of ketones is 1. The standard InChI is InChI=1S/C19H32N2O7S2.Na/c1-13(2)10-16(21-29(24,25)12-15-8-6-5-7-9-15)18(22)19(23,30(26,27)28)17(20)11-14(3)4;/h5-9,13-14,16-17,21,23H,10-12,20H2,1-4H3,(H,26,27,28);/q;+1/p-1/t16-,17?,19?;/m0./s1. The number of carbonyl (C=O) groups is 1. The van der Waals surface area contributed by atoms with Crippen molar-refractivity contribution in [3.8, 4) is 0 Å². The normalized spacial score (nSPS) is 16.4. The molecule has 0 amide bonds. The predicted molar refractivity (Wildman–Crippen MR) is 113 cm³/mol. The Morgan fingerprint density at radius 3 is 1.97 bits per heavy atom. The van der Waals surface area contributed by atoms with Crippen molar-refractivity contribution in [1.82, 2.24) is 4.72 Å². The third-order valence-corrected chi connectivity index (χ3v) is 7.13. The van der Waals surface area contributed by atoms with Crippen LogP contribution >= 0.6 is 0 Å². The van der Waals surface area contributed by atoms with Gasteiger partial charge in [0.25, 0.3) is 0 Å². The molecule has 0 saturated heterocycles. The molecule has 172 valence electrons. The molecule has 2 unspecified atom stereocenters.